The third-order valence-corrected chi connectivity index (χ3v) is 13.1. The largest absolute Gasteiger partial charge is 0.506 e. The Morgan fingerprint density at radius 1 is 0.811 bits per heavy atom. The molecule has 5 nitrogen and oxygen atoms in total. The topological polar surface area (TPSA) is 87.7 Å². The summed E-state index contributed by atoms with van der Waals surface area (Å²) in [5.74, 6) is -0.766. The normalized spacial score (nSPS) is 10.6. The van der Waals surface area contributed by atoms with Crippen LogP contribution in [0.5, 0.6) is 5.75 Å². The summed E-state index contributed by atoms with van der Waals surface area (Å²) in [5, 5.41) is 21.4. The number of carboxylic acid groups (broad SMARTS) is 1. The van der Waals surface area contributed by atoms with Crippen LogP contribution in [0.15, 0.2) is 39.2 Å². The Hall–Kier alpha value is 1.24. The van der Waals surface area contributed by atoms with E-state index in [-0.39, 0.29) is 16.7 Å². The number of phenols is 1. The molecule has 198 valence electrons. The first-order valence-electron chi connectivity index (χ1n) is 10.4. The van der Waals surface area contributed by atoms with Crippen molar-refractivity contribution in [3.63, 3.8) is 0 Å². The number of fused-ring (bicyclic) bond motifs is 2. The van der Waals surface area contributed by atoms with Gasteiger partial charge < -0.3 is 14.6 Å². The van der Waals surface area contributed by atoms with Crippen LogP contribution in [0.25, 0.3) is 33.4 Å². The number of hydrogen-bond acceptors (Lipinski definition) is 4. The van der Waals surface area contributed by atoms with E-state index in [1.807, 2.05) is 118 Å². The van der Waals surface area contributed by atoms with Gasteiger partial charge in [-0.3, -0.25) is 4.79 Å². The quantitative estimate of drug-likeness (QED) is 0.0904. The number of halogens is 8. The molecule has 0 saturated heterocycles. The predicted molar refractivity (Wildman–Crippen MR) is 198 cm³/mol. The number of aromatic carboxylic acids is 1. The highest BCUT2D eigenvalue weighted by Gasteiger charge is 2.31. The second kappa shape index (κ2) is 14.4. The molecule has 0 atom stereocenters. The van der Waals surface area contributed by atoms with Crippen molar-refractivity contribution in [3.8, 4) is 28.2 Å². The summed E-state index contributed by atoms with van der Waals surface area (Å²) >= 11 is 21.9. The van der Waals surface area contributed by atoms with Gasteiger partial charge in [-0.25, -0.2) is 4.79 Å². The second-order valence-electron chi connectivity index (χ2n) is 6.56. The Morgan fingerprint density at radius 3 is 1.89 bits per heavy atom. The van der Waals surface area contributed by atoms with Crippen molar-refractivity contribution in [2.45, 2.75) is 27.7 Å². The smallest absolute Gasteiger partial charge is 0.337 e. The van der Waals surface area contributed by atoms with Gasteiger partial charge in [0, 0.05) is 40.0 Å². The molecule has 0 fully saturated rings. The molecule has 2 N–H and O–H groups in total. The van der Waals surface area contributed by atoms with Crippen LogP contribution < -0.4 is 5.43 Å². The molecule has 0 amide bonds. The van der Waals surface area contributed by atoms with Crippen LogP contribution in [0.2, 0.25) is 0 Å². The van der Waals surface area contributed by atoms with Gasteiger partial charge in [-0.2, -0.15) is 0 Å². The minimum Gasteiger partial charge on any atom is -0.506 e. The van der Waals surface area contributed by atoms with Crippen molar-refractivity contribution < 1.29 is 19.4 Å². The number of rotatable bonds is 2. The first-order chi connectivity index (χ1) is 17.4. The van der Waals surface area contributed by atoms with Gasteiger partial charge >= 0.3 is 5.97 Å². The first-order valence-corrected chi connectivity index (χ1v) is 17.9. The molecule has 4 rings (SSSR count). The third-order valence-electron chi connectivity index (χ3n) is 4.75. The van der Waals surface area contributed by atoms with Gasteiger partial charge in [0.1, 0.15) is 9.32 Å². The van der Waals surface area contributed by atoms with Gasteiger partial charge in [0.15, 0.2) is 11.3 Å². The molecule has 1 aliphatic carbocycles. The molecule has 1 heterocycles. The molecule has 0 unspecified atom stereocenters. The fraction of sp³-hybridized carbons (Fsp3) is 0.167. The van der Waals surface area contributed by atoms with Crippen molar-refractivity contribution in [1.29, 1.82) is 0 Å². The highest BCUT2D eigenvalue weighted by Crippen LogP contribution is 2.52. The van der Waals surface area contributed by atoms with Crippen molar-refractivity contribution in [2.24, 2.45) is 0 Å². The average molecular weight is 1210 g/mol. The zero-order valence-electron chi connectivity index (χ0n) is 19.3. The third kappa shape index (κ3) is 6.36. The van der Waals surface area contributed by atoms with E-state index < -0.39 is 5.97 Å². The Labute approximate surface area is 301 Å². The molecule has 2 aliphatic rings. The Kier molecular flexibility index (Phi) is 13.4. The number of benzene rings is 3. The van der Waals surface area contributed by atoms with Crippen molar-refractivity contribution in [2.75, 3.05) is 0 Å². The van der Waals surface area contributed by atoms with Gasteiger partial charge in [0.25, 0.3) is 0 Å². The summed E-state index contributed by atoms with van der Waals surface area (Å²) in [6.07, 6.45) is 0. The van der Waals surface area contributed by atoms with E-state index in [4.69, 9.17) is 4.42 Å². The Bertz CT molecular complexity index is 1570. The fourth-order valence-electron chi connectivity index (χ4n) is 3.33. The monoisotopic (exact) mass is 1210 g/mol. The van der Waals surface area contributed by atoms with Gasteiger partial charge in [-0.05, 0) is 166 Å². The van der Waals surface area contributed by atoms with Crippen molar-refractivity contribution in [1.82, 2.24) is 0 Å². The average Bonchev–Trinajstić information content (AvgIpc) is 2.88. The van der Waals surface area contributed by atoms with Crippen molar-refractivity contribution in [3.05, 3.63) is 60.1 Å². The molecule has 0 saturated carbocycles. The summed E-state index contributed by atoms with van der Waals surface area (Å²) in [5.41, 5.74) is 1.75. The number of carboxylic acids is 1. The molecule has 0 bridgehead atoms. The molecule has 2 aromatic rings. The van der Waals surface area contributed by atoms with Crippen LogP contribution in [-0.2, 0) is 0 Å². The lowest BCUT2D eigenvalue weighted by atomic mass is 9.90. The standard InChI is InChI=1S/C20H4Br4I4O5.2C2H6/c21-10-8(9(20(31)32)11(22)13(24)12(10)23)7-3-1-5(25)16(29)14(27)18(3)33-19-4(7)2-6(26)17(30)15(19)28;2*1-2/h1-2,29H,(H,31,32);2*1-2H3. The zero-order chi connectivity index (χ0) is 28.5. The van der Waals surface area contributed by atoms with Crippen LogP contribution in [0.3, 0.4) is 0 Å². The maximum absolute atomic E-state index is 12.7. The van der Waals surface area contributed by atoms with Crippen LogP contribution >= 0.6 is 154 Å². The van der Waals surface area contributed by atoms with Gasteiger partial charge in [-0.1, -0.05) is 27.7 Å². The maximum atomic E-state index is 12.7. The van der Waals surface area contributed by atoms with Gasteiger partial charge in [-0.15, -0.1) is 0 Å². The Balaban J connectivity index is 0.00000115. The van der Waals surface area contributed by atoms with Crippen LogP contribution in [0.4, 0.5) is 0 Å². The van der Waals surface area contributed by atoms with E-state index in [1.165, 1.54) is 0 Å². The molecule has 2 aromatic carbocycles. The van der Waals surface area contributed by atoms with Gasteiger partial charge in [0.05, 0.1) is 16.3 Å². The minimum atomic E-state index is -1.14. The summed E-state index contributed by atoms with van der Waals surface area (Å²) in [7, 11) is 0. The number of carbonyl (C=O) groups is 1. The molecule has 0 spiro atoms. The number of phenolic OH excluding ortho intramolecular Hbond substituents is 1. The summed E-state index contributed by atoms with van der Waals surface area (Å²) in [4.78, 5) is 25.2. The maximum Gasteiger partial charge on any atom is 0.337 e. The minimum absolute atomic E-state index is 0.0278. The highest BCUT2D eigenvalue weighted by molar-refractivity contribution is 14.1. The van der Waals surface area contributed by atoms with E-state index in [9.17, 15) is 19.8 Å². The predicted octanol–water partition coefficient (Wildman–Crippen LogP) is 11.5. The second-order valence-corrected chi connectivity index (χ2v) is 14.2. The van der Waals surface area contributed by atoms with E-state index in [2.05, 4.69) is 63.7 Å². The van der Waals surface area contributed by atoms with E-state index >= 15 is 0 Å². The van der Waals surface area contributed by atoms with Gasteiger partial charge in [0.2, 0.25) is 5.43 Å². The lowest BCUT2D eigenvalue weighted by Crippen LogP contribution is -2.13. The number of aromatic hydroxyl groups is 1. The summed E-state index contributed by atoms with van der Waals surface area (Å²) in [6, 6.07) is 3.45. The van der Waals surface area contributed by atoms with E-state index in [1.54, 1.807) is 12.1 Å². The van der Waals surface area contributed by atoms with Crippen LogP contribution in [0.1, 0.15) is 38.1 Å². The lowest BCUT2D eigenvalue weighted by Gasteiger charge is -2.22. The summed E-state index contributed by atoms with van der Waals surface area (Å²) in [6.45, 7) is 8.00. The molecular weight excluding hydrogens is 1200 g/mol. The molecule has 0 aromatic heterocycles. The molecule has 0 radical (unpaired) electrons. The first kappa shape index (κ1) is 34.4. The zero-order valence-corrected chi connectivity index (χ0v) is 34.3. The van der Waals surface area contributed by atoms with E-state index in [0.717, 1.165) is 0 Å². The lowest BCUT2D eigenvalue weighted by molar-refractivity contribution is 0.0696. The van der Waals surface area contributed by atoms with Crippen molar-refractivity contribution >= 4 is 171 Å². The Morgan fingerprint density at radius 2 is 1.35 bits per heavy atom. The molecule has 1 aliphatic heterocycles. The SMILES string of the molecule is CC.CC.O=C(O)c1c(Br)c(Br)c(Br)c(Br)c1-c1c2cc(I)c(=O)c(I)c-2oc2c(I)c(O)c(I)cc12. The molecule has 13 heteroatoms. The van der Waals surface area contributed by atoms with Crippen LogP contribution in [0, 0.1) is 14.3 Å². The number of hydrogen-bond donors (Lipinski definition) is 2. The fourth-order valence-corrected chi connectivity index (χ4v) is 9.39. The highest BCUT2D eigenvalue weighted by atomic mass is 127. The van der Waals surface area contributed by atoms with Crippen LogP contribution in [-0.4, -0.2) is 16.2 Å². The molecule has 37 heavy (non-hydrogen) atoms. The van der Waals surface area contributed by atoms with E-state index in [0.29, 0.717) is 65.6 Å². The molecular formula is C24H16Br4I4O5. The summed E-state index contributed by atoms with van der Waals surface area (Å²) < 4.78 is 10.1.